The summed E-state index contributed by atoms with van der Waals surface area (Å²) in [5.41, 5.74) is 10.2. The monoisotopic (exact) mass is 260 g/mol. The van der Waals surface area contributed by atoms with Crippen LogP contribution < -0.4 is 11.5 Å². The number of halogens is 1. The van der Waals surface area contributed by atoms with E-state index < -0.39 is 0 Å². The highest BCUT2D eigenvalue weighted by molar-refractivity contribution is 9.10. The maximum absolute atomic E-state index is 5.10. The third-order valence-electron chi connectivity index (χ3n) is 1.23. The first-order valence-electron chi connectivity index (χ1n) is 3.47. The lowest BCUT2D eigenvalue weighted by Crippen LogP contribution is -2.21. The minimum atomic E-state index is -0.0383. The Morgan fingerprint density at radius 1 is 1.62 bits per heavy atom. The van der Waals surface area contributed by atoms with E-state index in [2.05, 4.69) is 26.1 Å². The lowest BCUT2D eigenvalue weighted by Gasteiger charge is -1.82. The predicted molar refractivity (Wildman–Crippen MR) is 60.2 cm³/mol. The zero-order valence-corrected chi connectivity index (χ0v) is 9.39. The number of rotatable bonds is 2. The Bertz CT molecular complexity index is 332. The van der Waals surface area contributed by atoms with Crippen LogP contribution in [0.4, 0.5) is 0 Å². The highest BCUT2D eigenvalue weighted by atomic mass is 79.9. The molecule has 1 aromatic rings. The third-order valence-corrected chi connectivity index (χ3v) is 3.31. The molecule has 0 spiro atoms. The largest absolute Gasteiger partial charge is 0.369 e. The summed E-state index contributed by atoms with van der Waals surface area (Å²) in [6, 6.07) is 1.96. The number of aryl methyl sites for hydroxylation is 1. The van der Waals surface area contributed by atoms with Gasteiger partial charge in [0.1, 0.15) is 0 Å². The highest BCUT2D eigenvalue weighted by Crippen LogP contribution is 2.24. The molecule has 0 bridgehead atoms. The van der Waals surface area contributed by atoms with Crippen LogP contribution in [0.5, 0.6) is 0 Å². The molecule has 0 amide bonds. The summed E-state index contributed by atoms with van der Waals surface area (Å²) in [6.07, 6.45) is 1.61. The van der Waals surface area contributed by atoms with E-state index in [9.17, 15) is 0 Å². The molecule has 1 rings (SSSR count). The van der Waals surface area contributed by atoms with Gasteiger partial charge in [-0.15, -0.1) is 16.4 Å². The summed E-state index contributed by atoms with van der Waals surface area (Å²) in [4.78, 5) is 2.21. The van der Waals surface area contributed by atoms with E-state index >= 15 is 0 Å². The van der Waals surface area contributed by atoms with Gasteiger partial charge in [-0.3, -0.25) is 0 Å². The fourth-order valence-corrected chi connectivity index (χ4v) is 2.13. The smallest absolute Gasteiger partial charge is 0.211 e. The standard InChI is InChI=1S/C7H9BrN4S/c1-4-6(8)2-5(13-4)3-11-12-7(9)10/h2-3H,1H3,(H4,9,10,12)/b11-3+. The fraction of sp³-hybridized carbons (Fsp3) is 0.143. The molecule has 0 aliphatic carbocycles. The van der Waals surface area contributed by atoms with Crippen LogP contribution in [-0.2, 0) is 0 Å². The van der Waals surface area contributed by atoms with Crippen molar-refractivity contribution in [3.63, 3.8) is 0 Å². The molecule has 0 radical (unpaired) electrons. The fourth-order valence-electron chi connectivity index (χ4n) is 0.698. The number of nitrogens with zero attached hydrogens (tertiary/aromatic N) is 2. The van der Waals surface area contributed by atoms with E-state index in [0.717, 1.165) is 9.35 Å². The van der Waals surface area contributed by atoms with Gasteiger partial charge in [-0.2, -0.15) is 5.10 Å². The molecule has 0 unspecified atom stereocenters. The van der Waals surface area contributed by atoms with Gasteiger partial charge < -0.3 is 11.5 Å². The number of hydrogen-bond acceptors (Lipinski definition) is 3. The number of hydrogen-bond donors (Lipinski definition) is 2. The average Bonchev–Trinajstić information content (AvgIpc) is 2.30. The summed E-state index contributed by atoms with van der Waals surface area (Å²) < 4.78 is 1.07. The molecule has 1 aromatic heterocycles. The Morgan fingerprint density at radius 2 is 2.31 bits per heavy atom. The van der Waals surface area contributed by atoms with E-state index in [1.807, 2.05) is 13.0 Å². The Labute approximate surface area is 88.5 Å². The Kier molecular flexibility index (Phi) is 3.44. The molecule has 0 atom stereocenters. The van der Waals surface area contributed by atoms with Crippen LogP contribution in [0.15, 0.2) is 20.7 Å². The van der Waals surface area contributed by atoms with Crippen molar-refractivity contribution in [2.75, 3.05) is 0 Å². The summed E-state index contributed by atoms with van der Waals surface area (Å²) >= 11 is 5.02. The quantitative estimate of drug-likeness (QED) is 0.480. The second kappa shape index (κ2) is 4.38. The van der Waals surface area contributed by atoms with Gasteiger partial charge in [0.2, 0.25) is 5.96 Å². The second-order valence-corrected chi connectivity index (χ2v) is 4.46. The molecule has 0 aromatic carbocycles. The van der Waals surface area contributed by atoms with Crippen molar-refractivity contribution in [2.24, 2.45) is 21.7 Å². The van der Waals surface area contributed by atoms with Gasteiger partial charge in [-0.25, -0.2) is 0 Å². The molecule has 4 nitrogen and oxygen atoms in total. The van der Waals surface area contributed by atoms with E-state index in [0.29, 0.717) is 0 Å². The maximum Gasteiger partial charge on any atom is 0.211 e. The summed E-state index contributed by atoms with van der Waals surface area (Å²) in [5.74, 6) is -0.0383. The first-order chi connectivity index (χ1) is 6.09. The van der Waals surface area contributed by atoms with Crippen molar-refractivity contribution >= 4 is 39.4 Å². The van der Waals surface area contributed by atoms with Crippen LogP contribution in [0.2, 0.25) is 0 Å². The third kappa shape index (κ3) is 3.16. The number of nitrogens with two attached hydrogens (primary N) is 2. The first kappa shape index (κ1) is 10.2. The van der Waals surface area contributed by atoms with E-state index in [-0.39, 0.29) is 5.96 Å². The zero-order valence-electron chi connectivity index (χ0n) is 6.99. The van der Waals surface area contributed by atoms with Gasteiger partial charge >= 0.3 is 0 Å². The van der Waals surface area contributed by atoms with Crippen molar-refractivity contribution in [3.8, 4) is 0 Å². The molecule has 0 fully saturated rings. The summed E-state index contributed by atoms with van der Waals surface area (Å²) in [7, 11) is 0. The molecule has 13 heavy (non-hydrogen) atoms. The van der Waals surface area contributed by atoms with Crippen LogP contribution in [0.3, 0.4) is 0 Å². The minimum absolute atomic E-state index is 0.0383. The van der Waals surface area contributed by atoms with Crippen molar-refractivity contribution in [3.05, 3.63) is 20.3 Å². The van der Waals surface area contributed by atoms with Crippen molar-refractivity contribution < 1.29 is 0 Å². The molecule has 6 heteroatoms. The van der Waals surface area contributed by atoms with Crippen molar-refractivity contribution in [2.45, 2.75) is 6.92 Å². The predicted octanol–water partition coefficient (Wildman–Crippen LogP) is 1.43. The van der Waals surface area contributed by atoms with Gasteiger partial charge in [-0.05, 0) is 28.9 Å². The van der Waals surface area contributed by atoms with Crippen LogP contribution >= 0.6 is 27.3 Å². The van der Waals surface area contributed by atoms with Gasteiger partial charge in [0, 0.05) is 14.2 Å². The number of thiophene rings is 1. The Hall–Kier alpha value is -0.880. The van der Waals surface area contributed by atoms with Crippen LogP contribution in [-0.4, -0.2) is 12.2 Å². The second-order valence-electron chi connectivity index (χ2n) is 2.32. The molecule has 0 saturated heterocycles. The minimum Gasteiger partial charge on any atom is -0.369 e. The number of guanidine groups is 1. The Morgan fingerprint density at radius 3 is 2.77 bits per heavy atom. The van der Waals surface area contributed by atoms with Crippen LogP contribution in [0.1, 0.15) is 9.75 Å². The SMILES string of the molecule is Cc1sc(/C=N/N=C(N)N)cc1Br. The molecular weight excluding hydrogens is 252 g/mol. The van der Waals surface area contributed by atoms with E-state index in [1.54, 1.807) is 17.6 Å². The van der Waals surface area contributed by atoms with E-state index in [1.165, 1.54) is 4.88 Å². The van der Waals surface area contributed by atoms with Gasteiger partial charge in [0.05, 0.1) is 6.21 Å². The molecular formula is C7H9BrN4S. The lowest BCUT2D eigenvalue weighted by atomic mass is 10.4. The molecule has 1 heterocycles. The van der Waals surface area contributed by atoms with Crippen molar-refractivity contribution in [1.29, 1.82) is 0 Å². The first-order valence-corrected chi connectivity index (χ1v) is 5.08. The average molecular weight is 261 g/mol. The van der Waals surface area contributed by atoms with Crippen molar-refractivity contribution in [1.82, 2.24) is 0 Å². The normalized spacial score (nSPS) is 10.6. The summed E-state index contributed by atoms with van der Waals surface area (Å²) in [6.45, 7) is 2.02. The lowest BCUT2D eigenvalue weighted by molar-refractivity contribution is 1.22. The molecule has 0 aliphatic rings. The van der Waals surface area contributed by atoms with Crippen LogP contribution in [0.25, 0.3) is 0 Å². The highest BCUT2D eigenvalue weighted by Gasteiger charge is 1.99. The van der Waals surface area contributed by atoms with Gasteiger partial charge in [0.25, 0.3) is 0 Å². The Balaban J connectivity index is 2.75. The molecule has 70 valence electrons. The molecule has 0 saturated carbocycles. The topological polar surface area (TPSA) is 76.8 Å². The molecule has 0 aliphatic heterocycles. The summed E-state index contributed by atoms with van der Waals surface area (Å²) in [5, 5.41) is 7.19. The van der Waals surface area contributed by atoms with Gasteiger partial charge in [0.15, 0.2) is 0 Å². The molecule has 4 N–H and O–H groups in total. The maximum atomic E-state index is 5.10. The zero-order chi connectivity index (χ0) is 9.84. The van der Waals surface area contributed by atoms with Crippen LogP contribution in [0, 0.1) is 6.92 Å². The van der Waals surface area contributed by atoms with E-state index in [4.69, 9.17) is 11.5 Å². The van der Waals surface area contributed by atoms with Gasteiger partial charge in [-0.1, -0.05) is 0 Å².